The van der Waals surface area contributed by atoms with Crippen molar-refractivity contribution < 1.29 is 13.5 Å². The zero-order valence-electron chi connectivity index (χ0n) is 14.4. The van der Waals surface area contributed by atoms with E-state index < -0.39 is 12.7 Å². The number of alkyl halides is 2. The number of hydrogen-bond donors (Lipinski definition) is 0. The van der Waals surface area contributed by atoms with Crippen molar-refractivity contribution in [2.45, 2.75) is 25.8 Å². The summed E-state index contributed by atoms with van der Waals surface area (Å²) in [6.45, 7) is -2.21. The Bertz CT molecular complexity index is 1010. The van der Waals surface area contributed by atoms with E-state index in [9.17, 15) is 8.78 Å². The van der Waals surface area contributed by atoms with Gasteiger partial charge in [-0.15, -0.1) is 0 Å². The summed E-state index contributed by atoms with van der Waals surface area (Å²) in [7, 11) is 0. The molecule has 0 aliphatic heterocycles. The first-order chi connectivity index (χ1) is 13.3. The molecule has 148 valence electrons. The van der Waals surface area contributed by atoms with E-state index in [-0.39, 0.29) is 17.9 Å². The van der Waals surface area contributed by atoms with Gasteiger partial charge in [-0.2, -0.15) is 8.78 Å². The molecule has 1 unspecified atom stereocenters. The Morgan fingerprint density at radius 3 is 2.25 bits per heavy atom. The molecule has 1 atom stereocenters. The van der Waals surface area contributed by atoms with Gasteiger partial charge in [0.2, 0.25) is 0 Å². The smallest absolute Gasteiger partial charge is 0.320 e. The summed E-state index contributed by atoms with van der Waals surface area (Å²) < 4.78 is 34.3. The lowest BCUT2D eigenvalue weighted by Crippen LogP contribution is -2.14. The van der Waals surface area contributed by atoms with Gasteiger partial charge in [0, 0.05) is 33.0 Å². The van der Waals surface area contributed by atoms with E-state index in [2.05, 4.69) is 0 Å². The van der Waals surface area contributed by atoms with Gasteiger partial charge in [-0.05, 0) is 42.0 Å². The van der Waals surface area contributed by atoms with Gasteiger partial charge in [0.25, 0.3) is 0 Å². The maximum absolute atomic E-state index is 13.0. The summed E-state index contributed by atoms with van der Waals surface area (Å²) in [5.74, 6) is 0. The number of halogens is 5. The molecule has 3 aromatic rings. The predicted molar refractivity (Wildman–Crippen MR) is 110 cm³/mol. The van der Waals surface area contributed by atoms with Crippen molar-refractivity contribution in [2.24, 2.45) is 0 Å². The van der Waals surface area contributed by atoms with Crippen molar-refractivity contribution in [1.29, 1.82) is 0 Å². The quantitative estimate of drug-likeness (QED) is 0.342. The summed E-state index contributed by atoms with van der Waals surface area (Å²) in [6.07, 6.45) is 2.21. The second-order valence-electron chi connectivity index (χ2n) is 6.01. The van der Waals surface area contributed by atoms with Crippen LogP contribution in [0.1, 0.15) is 23.8 Å². The van der Waals surface area contributed by atoms with Crippen molar-refractivity contribution in [3.05, 3.63) is 85.8 Å². The molecule has 0 radical (unpaired) electrons. The number of hydrogen-bond acceptors (Lipinski definition) is 2. The Morgan fingerprint density at radius 1 is 0.964 bits per heavy atom. The van der Waals surface area contributed by atoms with E-state index >= 15 is 0 Å². The lowest BCUT2D eigenvalue weighted by atomic mass is 10.1. The van der Waals surface area contributed by atoms with Crippen LogP contribution in [0.2, 0.25) is 15.1 Å². The standard InChI is InChI=1S/C19H15Cl3F2N2OS/c20-13-3-1-12(2-4-13)11-27-17(15-6-5-14(21)9-16(15)22)10-25-7-8-26(18(23)24)19(25)28/h1-9,17-18H,10-11H2. The summed E-state index contributed by atoms with van der Waals surface area (Å²) in [5.41, 5.74) is 1.60. The Hall–Kier alpha value is -1.44. The molecule has 1 aromatic heterocycles. The van der Waals surface area contributed by atoms with Crippen LogP contribution >= 0.6 is 47.0 Å². The third-order valence-corrected chi connectivity index (χ3v) is 5.38. The molecule has 0 spiro atoms. The van der Waals surface area contributed by atoms with Crippen LogP contribution in [0.25, 0.3) is 0 Å². The van der Waals surface area contributed by atoms with Crippen LogP contribution in [-0.2, 0) is 17.9 Å². The van der Waals surface area contributed by atoms with E-state index in [1.54, 1.807) is 30.3 Å². The third kappa shape index (κ3) is 5.13. The first-order valence-corrected chi connectivity index (χ1v) is 9.76. The Kier molecular flexibility index (Phi) is 7.12. The second kappa shape index (κ2) is 9.37. The first-order valence-electron chi connectivity index (χ1n) is 8.21. The molecule has 3 rings (SSSR count). The van der Waals surface area contributed by atoms with Crippen molar-refractivity contribution in [3.8, 4) is 0 Å². The van der Waals surface area contributed by atoms with Gasteiger partial charge in [0.15, 0.2) is 4.77 Å². The van der Waals surface area contributed by atoms with Crippen LogP contribution in [0.4, 0.5) is 8.78 Å². The van der Waals surface area contributed by atoms with E-state index in [4.69, 9.17) is 51.8 Å². The van der Waals surface area contributed by atoms with E-state index in [0.29, 0.717) is 20.6 Å². The number of aromatic nitrogens is 2. The fourth-order valence-corrected chi connectivity index (χ4v) is 3.61. The van der Waals surface area contributed by atoms with Gasteiger partial charge >= 0.3 is 6.55 Å². The third-order valence-electron chi connectivity index (χ3n) is 4.12. The van der Waals surface area contributed by atoms with Crippen molar-refractivity contribution in [2.75, 3.05) is 0 Å². The van der Waals surface area contributed by atoms with Crippen LogP contribution in [-0.4, -0.2) is 9.13 Å². The number of ether oxygens (including phenoxy) is 1. The van der Waals surface area contributed by atoms with Gasteiger partial charge in [-0.3, -0.25) is 4.57 Å². The maximum Gasteiger partial charge on any atom is 0.320 e. The fourth-order valence-electron chi connectivity index (χ4n) is 2.68. The van der Waals surface area contributed by atoms with Crippen LogP contribution in [0.3, 0.4) is 0 Å². The normalized spacial score (nSPS) is 12.5. The maximum atomic E-state index is 13.0. The zero-order valence-corrected chi connectivity index (χ0v) is 17.5. The highest BCUT2D eigenvalue weighted by atomic mass is 35.5. The summed E-state index contributed by atoms with van der Waals surface area (Å²) in [6, 6.07) is 12.3. The molecule has 0 saturated carbocycles. The summed E-state index contributed by atoms with van der Waals surface area (Å²) in [5, 5.41) is 1.54. The fraction of sp³-hybridized carbons (Fsp3) is 0.211. The van der Waals surface area contributed by atoms with Crippen LogP contribution in [0.5, 0.6) is 0 Å². The van der Waals surface area contributed by atoms with E-state index in [1.807, 2.05) is 12.1 Å². The molecule has 0 amide bonds. The minimum Gasteiger partial charge on any atom is -0.367 e. The average Bonchev–Trinajstić information content (AvgIpc) is 3.01. The van der Waals surface area contributed by atoms with Gasteiger partial charge in [0.05, 0.1) is 13.2 Å². The molecule has 0 aliphatic carbocycles. The molecular weight excluding hydrogens is 449 g/mol. The number of benzene rings is 2. The molecule has 0 aliphatic rings. The summed E-state index contributed by atoms with van der Waals surface area (Å²) >= 11 is 23.4. The monoisotopic (exact) mass is 462 g/mol. The molecule has 0 saturated heterocycles. The zero-order chi connectivity index (χ0) is 20.3. The van der Waals surface area contributed by atoms with Crippen LogP contribution in [0, 0.1) is 4.77 Å². The summed E-state index contributed by atoms with van der Waals surface area (Å²) in [4.78, 5) is 0. The minimum atomic E-state index is -2.71. The van der Waals surface area contributed by atoms with Crippen molar-refractivity contribution in [3.63, 3.8) is 0 Å². The van der Waals surface area contributed by atoms with E-state index in [1.165, 1.54) is 17.0 Å². The largest absolute Gasteiger partial charge is 0.367 e. The number of imidazole rings is 1. The predicted octanol–water partition coefficient (Wildman–Crippen LogP) is 7.33. The average molecular weight is 464 g/mol. The van der Waals surface area contributed by atoms with Gasteiger partial charge in [-0.25, -0.2) is 0 Å². The highest BCUT2D eigenvalue weighted by Crippen LogP contribution is 2.31. The molecule has 28 heavy (non-hydrogen) atoms. The Labute approximate surface area is 181 Å². The molecule has 3 nitrogen and oxygen atoms in total. The lowest BCUT2D eigenvalue weighted by Gasteiger charge is -2.20. The van der Waals surface area contributed by atoms with Crippen LogP contribution in [0.15, 0.2) is 54.9 Å². The van der Waals surface area contributed by atoms with Crippen molar-refractivity contribution in [1.82, 2.24) is 9.13 Å². The SMILES string of the molecule is FC(F)n1ccn(CC(OCc2ccc(Cl)cc2)c2ccc(Cl)cc2Cl)c1=S. The first kappa shape index (κ1) is 21.3. The van der Waals surface area contributed by atoms with Crippen LogP contribution < -0.4 is 0 Å². The number of rotatable bonds is 7. The molecule has 9 heteroatoms. The number of nitrogens with zero attached hydrogens (tertiary/aromatic N) is 2. The van der Waals surface area contributed by atoms with Gasteiger partial charge < -0.3 is 9.30 Å². The Morgan fingerprint density at radius 2 is 1.64 bits per heavy atom. The molecule has 0 N–H and O–H groups in total. The lowest BCUT2D eigenvalue weighted by molar-refractivity contribution is 0.0266. The van der Waals surface area contributed by atoms with E-state index in [0.717, 1.165) is 10.1 Å². The minimum absolute atomic E-state index is 0.000166. The second-order valence-corrected chi connectivity index (χ2v) is 7.66. The highest BCUT2D eigenvalue weighted by molar-refractivity contribution is 7.71. The van der Waals surface area contributed by atoms with Gasteiger partial charge in [0.1, 0.15) is 6.10 Å². The molecule has 0 fully saturated rings. The molecular formula is C19H15Cl3F2N2OS. The Balaban J connectivity index is 1.87. The molecule has 2 aromatic carbocycles. The molecule has 0 bridgehead atoms. The highest BCUT2D eigenvalue weighted by Gasteiger charge is 2.19. The molecule has 1 heterocycles. The van der Waals surface area contributed by atoms with Crippen molar-refractivity contribution >= 4 is 47.0 Å². The van der Waals surface area contributed by atoms with Gasteiger partial charge in [-0.1, -0.05) is 53.0 Å². The topological polar surface area (TPSA) is 19.1 Å².